The predicted molar refractivity (Wildman–Crippen MR) is 104 cm³/mol. The molecule has 0 spiro atoms. The maximum absolute atomic E-state index is 12.0. The summed E-state index contributed by atoms with van der Waals surface area (Å²) in [7, 11) is 1.43. The Balaban J connectivity index is 1.48. The van der Waals surface area contributed by atoms with Crippen LogP contribution in [-0.4, -0.2) is 37.5 Å². The van der Waals surface area contributed by atoms with Gasteiger partial charge < -0.3 is 29.4 Å². The number of esters is 1. The first kappa shape index (κ1) is 20.1. The second kappa shape index (κ2) is 9.01. The van der Waals surface area contributed by atoms with Crippen LogP contribution in [0.15, 0.2) is 42.5 Å². The lowest BCUT2D eigenvalue weighted by Crippen LogP contribution is -2.30. The van der Waals surface area contributed by atoms with Crippen molar-refractivity contribution < 1.29 is 33.6 Å². The van der Waals surface area contributed by atoms with Crippen molar-refractivity contribution in [3.63, 3.8) is 0 Å². The van der Waals surface area contributed by atoms with Gasteiger partial charge in [-0.05, 0) is 48.4 Å². The molecule has 1 aliphatic rings. The van der Waals surface area contributed by atoms with Crippen LogP contribution in [0.3, 0.4) is 0 Å². The van der Waals surface area contributed by atoms with E-state index in [-0.39, 0.29) is 24.3 Å². The van der Waals surface area contributed by atoms with E-state index in [1.165, 1.54) is 25.3 Å². The van der Waals surface area contributed by atoms with Gasteiger partial charge in [-0.15, -0.1) is 0 Å². The molecule has 3 rings (SSSR count). The number of rotatable bonds is 7. The molecule has 8 nitrogen and oxygen atoms in total. The standard InChI is InChI=1S/C21H21NO7/c1-13(15-5-7-17-19(10-15)29-12-28-17)22-20(24)11-27-21(25)8-4-14-3-6-16(23)18(9-14)26-2/h3-10,13,23H,11-12H2,1-2H3,(H,22,24)/b8-4+/t13-/m0/s1. The van der Waals surface area contributed by atoms with Gasteiger partial charge in [-0.2, -0.15) is 0 Å². The average Bonchev–Trinajstić information content (AvgIpc) is 3.19. The number of hydrogen-bond donors (Lipinski definition) is 2. The molecule has 152 valence electrons. The number of methoxy groups -OCH3 is 1. The van der Waals surface area contributed by atoms with Gasteiger partial charge in [0.1, 0.15) is 0 Å². The Morgan fingerprint density at radius 3 is 2.79 bits per heavy atom. The van der Waals surface area contributed by atoms with Crippen LogP contribution in [0.5, 0.6) is 23.0 Å². The van der Waals surface area contributed by atoms with E-state index < -0.39 is 18.5 Å². The summed E-state index contributed by atoms with van der Waals surface area (Å²) in [6, 6.07) is 9.75. The molecule has 29 heavy (non-hydrogen) atoms. The minimum Gasteiger partial charge on any atom is -0.504 e. The van der Waals surface area contributed by atoms with Gasteiger partial charge >= 0.3 is 5.97 Å². The van der Waals surface area contributed by atoms with Crippen LogP contribution in [0.2, 0.25) is 0 Å². The fourth-order valence-electron chi connectivity index (χ4n) is 2.70. The van der Waals surface area contributed by atoms with Gasteiger partial charge in [0.15, 0.2) is 29.6 Å². The first-order chi connectivity index (χ1) is 14.0. The molecule has 0 aliphatic carbocycles. The molecule has 2 N–H and O–H groups in total. The molecule has 1 atom stereocenters. The minimum atomic E-state index is -0.664. The molecule has 0 fully saturated rings. The zero-order valence-corrected chi connectivity index (χ0v) is 16.0. The fourth-order valence-corrected chi connectivity index (χ4v) is 2.70. The first-order valence-electron chi connectivity index (χ1n) is 8.87. The summed E-state index contributed by atoms with van der Waals surface area (Å²) in [4.78, 5) is 23.9. The Labute approximate surface area is 167 Å². The summed E-state index contributed by atoms with van der Waals surface area (Å²) >= 11 is 0. The molecule has 0 unspecified atom stereocenters. The summed E-state index contributed by atoms with van der Waals surface area (Å²) in [5, 5.41) is 12.3. The Kier molecular flexibility index (Phi) is 6.23. The summed E-state index contributed by atoms with van der Waals surface area (Å²) < 4.78 is 20.5. The van der Waals surface area contributed by atoms with E-state index in [9.17, 15) is 14.7 Å². The highest BCUT2D eigenvalue weighted by atomic mass is 16.7. The maximum atomic E-state index is 12.0. The highest BCUT2D eigenvalue weighted by Gasteiger charge is 2.17. The monoisotopic (exact) mass is 399 g/mol. The molecule has 0 radical (unpaired) electrons. The molecule has 1 amide bonds. The molecule has 0 aromatic heterocycles. The minimum absolute atomic E-state index is 0.000442. The van der Waals surface area contributed by atoms with Crippen molar-refractivity contribution in [1.29, 1.82) is 0 Å². The number of nitrogens with one attached hydrogen (secondary N) is 1. The van der Waals surface area contributed by atoms with E-state index in [4.69, 9.17) is 18.9 Å². The predicted octanol–water partition coefficient (Wildman–Crippen LogP) is 2.56. The van der Waals surface area contributed by atoms with E-state index in [0.717, 1.165) is 5.56 Å². The van der Waals surface area contributed by atoms with Crippen molar-refractivity contribution in [3.8, 4) is 23.0 Å². The van der Waals surface area contributed by atoms with Crippen molar-refractivity contribution >= 4 is 18.0 Å². The van der Waals surface area contributed by atoms with Crippen molar-refractivity contribution in [1.82, 2.24) is 5.32 Å². The number of amides is 1. The number of ether oxygens (including phenoxy) is 4. The number of carbonyl (C=O) groups excluding carboxylic acids is 2. The van der Waals surface area contributed by atoms with Crippen LogP contribution in [-0.2, 0) is 14.3 Å². The lowest BCUT2D eigenvalue weighted by Gasteiger charge is -2.14. The van der Waals surface area contributed by atoms with E-state index in [1.807, 2.05) is 13.0 Å². The van der Waals surface area contributed by atoms with Gasteiger partial charge in [-0.25, -0.2) is 4.79 Å². The van der Waals surface area contributed by atoms with Crippen molar-refractivity contribution in [2.45, 2.75) is 13.0 Å². The van der Waals surface area contributed by atoms with Gasteiger partial charge in [-0.1, -0.05) is 12.1 Å². The van der Waals surface area contributed by atoms with E-state index in [1.54, 1.807) is 24.3 Å². The summed E-state index contributed by atoms with van der Waals surface area (Å²) in [5.74, 6) is 0.495. The molecule has 0 saturated carbocycles. The highest BCUT2D eigenvalue weighted by Crippen LogP contribution is 2.34. The number of benzene rings is 2. The highest BCUT2D eigenvalue weighted by molar-refractivity contribution is 5.89. The molecule has 0 saturated heterocycles. The fraction of sp³-hybridized carbons (Fsp3) is 0.238. The number of fused-ring (bicyclic) bond motifs is 1. The average molecular weight is 399 g/mol. The smallest absolute Gasteiger partial charge is 0.331 e. The van der Waals surface area contributed by atoms with Crippen molar-refractivity contribution in [2.75, 3.05) is 20.5 Å². The number of hydrogen-bond acceptors (Lipinski definition) is 7. The second-order valence-electron chi connectivity index (χ2n) is 6.27. The number of carbonyl (C=O) groups is 2. The molecule has 2 aromatic rings. The molecule has 1 heterocycles. The molecular formula is C21H21NO7. The van der Waals surface area contributed by atoms with E-state index >= 15 is 0 Å². The van der Waals surface area contributed by atoms with E-state index in [0.29, 0.717) is 17.1 Å². The summed E-state index contributed by atoms with van der Waals surface area (Å²) in [6.07, 6.45) is 2.69. The topological polar surface area (TPSA) is 103 Å². The summed E-state index contributed by atoms with van der Waals surface area (Å²) in [6.45, 7) is 1.59. The second-order valence-corrected chi connectivity index (χ2v) is 6.27. The van der Waals surface area contributed by atoms with Gasteiger partial charge in [0.25, 0.3) is 5.91 Å². The Morgan fingerprint density at radius 2 is 2.00 bits per heavy atom. The first-order valence-corrected chi connectivity index (χ1v) is 8.87. The lowest BCUT2D eigenvalue weighted by molar-refractivity contribution is -0.144. The molecular weight excluding hydrogens is 378 g/mol. The molecule has 1 aliphatic heterocycles. The Hall–Kier alpha value is -3.68. The van der Waals surface area contributed by atoms with Crippen LogP contribution in [0.4, 0.5) is 0 Å². The third-order valence-electron chi connectivity index (χ3n) is 4.24. The number of aromatic hydroxyl groups is 1. The molecule has 0 bridgehead atoms. The quantitative estimate of drug-likeness (QED) is 0.545. The zero-order valence-electron chi connectivity index (χ0n) is 16.0. The van der Waals surface area contributed by atoms with Gasteiger partial charge in [0, 0.05) is 6.08 Å². The zero-order chi connectivity index (χ0) is 20.8. The number of phenols is 1. The summed E-state index contributed by atoms with van der Waals surface area (Å²) in [5.41, 5.74) is 1.48. The van der Waals surface area contributed by atoms with Gasteiger partial charge in [0.05, 0.1) is 13.2 Å². The molecule has 8 heteroatoms. The van der Waals surface area contributed by atoms with E-state index in [2.05, 4.69) is 5.32 Å². The van der Waals surface area contributed by atoms with Crippen molar-refractivity contribution in [3.05, 3.63) is 53.6 Å². The van der Waals surface area contributed by atoms with Crippen LogP contribution >= 0.6 is 0 Å². The third kappa shape index (κ3) is 5.19. The van der Waals surface area contributed by atoms with Crippen molar-refractivity contribution in [2.24, 2.45) is 0 Å². The molecule has 2 aromatic carbocycles. The Morgan fingerprint density at radius 1 is 1.21 bits per heavy atom. The van der Waals surface area contributed by atoms with Gasteiger partial charge in [-0.3, -0.25) is 4.79 Å². The third-order valence-corrected chi connectivity index (χ3v) is 4.24. The SMILES string of the molecule is COc1cc(/C=C/C(=O)OCC(=O)N[C@@H](C)c2ccc3c(c2)OCO3)ccc1O. The lowest BCUT2D eigenvalue weighted by atomic mass is 10.1. The van der Waals surface area contributed by atoms with Crippen LogP contribution in [0.25, 0.3) is 6.08 Å². The van der Waals surface area contributed by atoms with Crippen LogP contribution in [0, 0.1) is 0 Å². The largest absolute Gasteiger partial charge is 0.504 e. The van der Waals surface area contributed by atoms with Gasteiger partial charge in [0.2, 0.25) is 6.79 Å². The Bertz CT molecular complexity index is 939. The van der Waals surface area contributed by atoms with Crippen LogP contribution < -0.4 is 19.5 Å². The maximum Gasteiger partial charge on any atom is 0.331 e. The normalized spacial score (nSPS) is 13.2. The van der Waals surface area contributed by atoms with Crippen LogP contribution in [0.1, 0.15) is 24.1 Å². The number of phenolic OH excluding ortho intramolecular Hbond substituents is 1.